The number of rotatable bonds is 20. The van der Waals surface area contributed by atoms with E-state index in [1.807, 2.05) is 0 Å². The number of carbonyl (C=O) groups is 1. The first kappa shape index (κ1) is 28.4. The second-order valence-electron chi connectivity index (χ2n) is 9.53. The highest BCUT2D eigenvalue weighted by Crippen LogP contribution is 2.24. The highest BCUT2D eigenvalue weighted by Gasteiger charge is 2.28. The van der Waals surface area contributed by atoms with Crippen LogP contribution in [0.2, 0.25) is 0 Å². The van der Waals surface area contributed by atoms with E-state index < -0.39 is 0 Å². The Morgan fingerprint density at radius 1 is 0.903 bits per heavy atom. The van der Waals surface area contributed by atoms with Gasteiger partial charge < -0.3 is 19.1 Å². The molecule has 0 N–H and O–H groups in total. The van der Waals surface area contributed by atoms with Crippen molar-refractivity contribution in [1.29, 1.82) is 0 Å². The van der Waals surface area contributed by atoms with Gasteiger partial charge >= 0.3 is 5.97 Å². The fourth-order valence-electron chi connectivity index (χ4n) is 4.18. The van der Waals surface area contributed by atoms with E-state index in [1.165, 1.54) is 51.4 Å². The van der Waals surface area contributed by atoms with Crippen LogP contribution in [-0.4, -0.2) is 57.1 Å². The average Bonchev–Trinajstić information content (AvgIpc) is 3.21. The Hall–Kier alpha value is -0.650. The van der Waals surface area contributed by atoms with Gasteiger partial charge in [-0.15, -0.1) is 0 Å². The van der Waals surface area contributed by atoms with Gasteiger partial charge in [-0.2, -0.15) is 0 Å². The van der Waals surface area contributed by atoms with Crippen molar-refractivity contribution in [2.24, 2.45) is 5.92 Å². The molecule has 1 rings (SSSR count). The van der Waals surface area contributed by atoms with Crippen LogP contribution in [0.25, 0.3) is 0 Å². The third-order valence-electron chi connectivity index (χ3n) is 6.18. The van der Waals surface area contributed by atoms with Crippen LogP contribution < -0.4 is 0 Å². The summed E-state index contributed by atoms with van der Waals surface area (Å²) in [4.78, 5) is 14.9. The molecule has 1 aliphatic heterocycles. The lowest BCUT2D eigenvalue weighted by molar-refractivity contribution is -0.164. The maximum Gasteiger partial charge on any atom is 0.309 e. The first-order valence-corrected chi connectivity index (χ1v) is 13.1. The van der Waals surface area contributed by atoms with Crippen molar-refractivity contribution in [1.82, 2.24) is 4.90 Å². The normalized spacial score (nSPS) is 19.8. The quantitative estimate of drug-likeness (QED) is 0.163. The smallest absolute Gasteiger partial charge is 0.309 e. The van der Waals surface area contributed by atoms with Crippen molar-refractivity contribution in [2.45, 2.75) is 123 Å². The van der Waals surface area contributed by atoms with Crippen LogP contribution in [0, 0.1) is 5.92 Å². The summed E-state index contributed by atoms with van der Waals surface area (Å²) in [5.41, 5.74) is 0. The summed E-state index contributed by atoms with van der Waals surface area (Å²) in [6.45, 7) is 6.58. The Balaban J connectivity index is 2.27. The predicted molar refractivity (Wildman–Crippen MR) is 128 cm³/mol. The SMILES string of the molecule is CCCCCCCCC(CCCCCC)C(=O)OCC1CCC(OCCCN(C)C)O1. The van der Waals surface area contributed by atoms with Crippen molar-refractivity contribution in [2.75, 3.05) is 33.9 Å². The topological polar surface area (TPSA) is 48.0 Å². The van der Waals surface area contributed by atoms with E-state index in [-0.39, 0.29) is 24.3 Å². The van der Waals surface area contributed by atoms with Gasteiger partial charge in [-0.05, 0) is 46.3 Å². The minimum Gasteiger partial charge on any atom is -0.463 e. The van der Waals surface area contributed by atoms with Crippen LogP contribution in [0.1, 0.15) is 110 Å². The number of unbranched alkanes of at least 4 members (excludes halogenated alkanes) is 8. The maximum absolute atomic E-state index is 12.8. The van der Waals surface area contributed by atoms with Gasteiger partial charge in [0.05, 0.1) is 18.6 Å². The van der Waals surface area contributed by atoms with E-state index in [9.17, 15) is 4.79 Å². The number of hydrogen-bond donors (Lipinski definition) is 0. The monoisotopic (exact) mass is 441 g/mol. The molecule has 3 atom stereocenters. The number of hydrogen-bond acceptors (Lipinski definition) is 5. The van der Waals surface area contributed by atoms with Crippen molar-refractivity contribution in [3.8, 4) is 0 Å². The van der Waals surface area contributed by atoms with Gasteiger partial charge in [0.1, 0.15) is 6.61 Å². The molecule has 0 amide bonds. The highest BCUT2D eigenvalue weighted by molar-refractivity contribution is 5.72. The molecule has 0 aromatic heterocycles. The number of carbonyl (C=O) groups excluding carboxylic acids is 1. The molecule has 5 nitrogen and oxygen atoms in total. The Kier molecular flexibility index (Phi) is 17.3. The summed E-state index contributed by atoms with van der Waals surface area (Å²) in [6.07, 6.45) is 17.0. The van der Waals surface area contributed by atoms with E-state index in [0.717, 1.165) is 51.5 Å². The molecule has 3 unspecified atom stereocenters. The Labute approximate surface area is 192 Å². The van der Waals surface area contributed by atoms with Gasteiger partial charge in [0, 0.05) is 6.42 Å². The standard InChI is InChI=1S/C26H51NO4/c1-5-7-9-11-12-14-17-23(16-13-10-8-6-2)26(28)30-22-24-18-19-25(31-24)29-21-15-20-27(3)4/h23-25H,5-22H2,1-4H3. The van der Waals surface area contributed by atoms with Crippen LogP contribution in [0.3, 0.4) is 0 Å². The molecule has 0 spiro atoms. The van der Waals surface area contributed by atoms with Crippen LogP contribution in [0.4, 0.5) is 0 Å². The zero-order valence-electron chi connectivity index (χ0n) is 21.0. The summed E-state index contributed by atoms with van der Waals surface area (Å²) in [7, 11) is 4.14. The van der Waals surface area contributed by atoms with E-state index in [2.05, 4.69) is 32.8 Å². The molecule has 1 heterocycles. The van der Waals surface area contributed by atoms with E-state index in [4.69, 9.17) is 14.2 Å². The molecule has 31 heavy (non-hydrogen) atoms. The summed E-state index contributed by atoms with van der Waals surface area (Å²) >= 11 is 0. The second-order valence-corrected chi connectivity index (χ2v) is 9.53. The molecular weight excluding hydrogens is 390 g/mol. The van der Waals surface area contributed by atoms with Gasteiger partial charge in [0.25, 0.3) is 0 Å². The van der Waals surface area contributed by atoms with E-state index in [1.54, 1.807) is 0 Å². The zero-order valence-corrected chi connectivity index (χ0v) is 21.0. The van der Waals surface area contributed by atoms with Crippen molar-refractivity contribution < 1.29 is 19.0 Å². The Morgan fingerprint density at radius 3 is 2.16 bits per heavy atom. The maximum atomic E-state index is 12.8. The van der Waals surface area contributed by atoms with Gasteiger partial charge in [-0.3, -0.25) is 4.79 Å². The summed E-state index contributed by atoms with van der Waals surface area (Å²) < 4.78 is 17.5. The minimum absolute atomic E-state index is 0.0102. The fourth-order valence-corrected chi connectivity index (χ4v) is 4.18. The van der Waals surface area contributed by atoms with Gasteiger partial charge in [0.2, 0.25) is 0 Å². The van der Waals surface area contributed by atoms with Crippen molar-refractivity contribution in [3.63, 3.8) is 0 Å². The Bertz CT molecular complexity index is 430. The van der Waals surface area contributed by atoms with Crippen molar-refractivity contribution >= 4 is 5.97 Å². The lowest BCUT2D eigenvalue weighted by Crippen LogP contribution is -2.25. The molecule has 0 aromatic rings. The van der Waals surface area contributed by atoms with Gasteiger partial charge in [0.15, 0.2) is 6.29 Å². The minimum atomic E-state index is -0.140. The molecule has 5 heteroatoms. The van der Waals surface area contributed by atoms with Crippen LogP contribution in [0.5, 0.6) is 0 Å². The average molecular weight is 442 g/mol. The number of nitrogens with zero attached hydrogens (tertiary/aromatic N) is 1. The van der Waals surface area contributed by atoms with Crippen LogP contribution in [0.15, 0.2) is 0 Å². The fraction of sp³-hybridized carbons (Fsp3) is 0.962. The highest BCUT2D eigenvalue weighted by atomic mass is 16.7. The molecule has 1 fully saturated rings. The molecule has 0 aliphatic carbocycles. The first-order chi connectivity index (χ1) is 15.1. The first-order valence-electron chi connectivity index (χ1n) is 13.1. The molecule has 1 saturated heterocycles. The third kappa shape index (κ3) is 14.9. The molecule has 0 radical (unpaired) electrons. The molecule has 0 saturated carbocycles. The summed E-state index contributed by atoms with van der Waals surface area (Å²) in [5, 5.41) is 0. The molecule has 0 aromatic carbocycles. The van der Waals surface area contributed by atoms with E-state index >= 15 is 0 Å². The molecular formula is C26H51NO4. The lowest BCUT2D eigenvalue weighted by Gasteiger charge is -2.19. The second kappa shape index (κ2) is 18.9. The molecule has 184 valence electrons. The molecule has 0 bridgehead atoms. The third-order valence-corrected chi connectivity index (χ3v) is 6.18. The number of ether oxygens (including phenoxy) is 3. The zero-order chi connectivity index (χ0) is 22.7. The van der Waals surface area contributed by atoms with Crippen molar-refractivity contribution in [3.05, 3.63) is 0 Å². The Morgan fingerprint density at radius 2 is 1.52 bits per heavy atom. The number of esters is 1. The summed E-state index contributed by atoms with van der Waals surface area (Å²) in [5.74, 6) is 0.0477. The van der Waals surface area contributed by atoms with E-state index in [0.29, 0.717) is 13.2 Å². The predicted octanol–water partition coefficient (Wildman–Crippen LogP) is 6.34. The summed E-state index contributed by atoms with van der Waals surface area (Å²) in [6, 6.07) is 0. The van der Waals surface area contributed by atoms with Crippen LogP contribution >= 0.6 is 0 Å². The lowest BCUT2D eigenvalue weighted by atomic mass is 9.94. The molecule has 1 aliphatic rings. The van der Waals surface area contributed by atoms with Crippen LogP contribution in [-0.2, 0) is 19.0 Å². The van der Waals surface area contributed by atoms with Gasteiger partial charge in [-0.25, -0.2) is 0 Å². The van der Waals surface area contributed by atoms with Gasteiger partial charge in [-0.1, -0.05) is 78.1 Å². The largest absolute Gasteiger partial charge is 0.463 e.